The molecule has 0 aliphatic carbocycles. The van der Waals surface area contributed by atoms with Crippen LogP contribution in [0.15, 0.2) is 24.3 Å². The molecular weight excluding hydrogens is 307 g/mol. The highest BCUT2D eigenvalue weighted by Gasteiger charge is 2.31. The lowest BCUT2D eigenvalue weighted by Gasteiger charge is -2.42. The van der Waals surface area contributed by atoms with Gasteiger partial charge in [-0.25, -0.2) is 4.39 Å². The third-order valence-electron chi connectivity index (χ3n) is 5.20. The van der Waals surface area contributed by atoms with Crippen molar-refractivity contribution >= 4 is 11.6 Å². The lowest BCUT2D eigenvalue weighted by molar-refractivity contribution is -0.139. The molecule has 1 N–H and O–H groups in total. The molecule has 2 heterocycles. The van der Waals surface area contributed by atoms with Crippen LogP contribution in [0, 0.1) is 5.82 Å². The number of rotatable bonds is 3. The van der Waals surface area contributed by atoms with E-state index in [1.165, 1.54) is 12.1 Å². The second kappa shape index (κ2) is 7.49. The van der Waals surface area contributed by atoms with E-state index in [-0.39, 0.29) is 23.8 Å². The number of amides is 1. The van der Waals surface area contributed by atoms with Crippen LogP contribution in [-0.2, 0) is 4.79 Å². The van der Waals surface area contributed by atoms with Gasteiger partial charge in [0.05, 0.1) is 6.04 Å². The van der Waals surface area contributed by atoms with E-state index in [1.54, 1.807) is 0 Å². The topological polar surface area (TPSA) is 38.8 Å². The van der Waals surface area contributed by atoms with Crippen molar-refractivity contribution in [1.29, 1.82) is 0 Å². The monoisotopic (exact) mass is 334 g/mol. The number of nitrogens with zero attached hydrogens (tertiary/aromatic N) is 3. The van der Waals surface area contributed by atoms with E-state index in [9.17, 15) is 9.18 Å². The minimum absolute atomic E-state index is 0.0825. The van der Waals surface area contributed by atoms with E-state index in [2.05, 4.69) is 22.0 Å². The predicted octanol–water partition coefficient (Wildman–Crippen LogP) is 1.16. The number of anilines is 1. The van der Waals surface area contributed by atoms with Gasteiger partial charge in [-0.1, -0.05) is 0 Å². The summed E-state index contributed by atoms with van der Waals surface area (Å²) in [6.07, 6.45) is 0. The highest BCUT2D eigenvalue weighted by molar-refractivity contribution is 5.82. The molecular formula is C18H27FN4O. The van der Waals surface area contributed by atoms with Crippen molar-refractivity contribution in [2.75, 3.05) is 50.7 Å². The molecule has 2 aliphatic rings. The fourth-order valence-corrected chi connectivity index (χ4v) is 3.58. The number of carbonyl (C=O) groups excluding carboxylic acids is 1. The summed E-state index contributed by atoms with van der Waals surface area (Å²) in [6.45, 7) is 10.1. The third kappa shape index (κ3) is 3.70. The molecule has 2 atom stereocenters. The molecule has 2 unspecified atom stereocenters. The molecule has 1 amide bonds. The zero-order valence-electron chi connectivity index (χ0n) is 14.5. The summed E-state index contributed by atoms with van der Waals surface area (Å²) in [5, 5.41) is 3.32. The number of hydrogen-bond acceptors (Lipinski definition) is 4. The number of piperazine rings is 2. The first-order chi connectivity index (χ1) is 11.6. The van der Waals surface area contributed by atoms with Gasteiger partial charge in [0.1, 0.15) is 5.82 Å². The van der Waals surface area contributed by atoms with E-state index in [0.717, 1.165) is 51.5 Å². The third-order valence-corrected chi connectivity index (χ3v) is 5.20. The molecule has 0 aromatic heterocycles. The molecule has 132 valence electrons. The van der Waals surface area contributed by atoms with E-state index in [4.69, 9.17) is 0 Å². The van der Waals surface area contributed by atoms with Gasteiger partial charge in [0.25, 0.3) is 0 Å². The van der Waals surface area contributed by atoms with Gasteiger partial charge in [-0.05, 0) is 38.1 Å². The summed E-state index contributed by atoms with van der Waals surface area (Å²) in [4.78, 5) is 19.3. The van der Waals surface area contributed by atoms with E-state index in [0.29, 0.717) is 0 Å². The Morgan fingerprint density at radius 2 is 1.83 bits per heavy atom. The first-order valence-corrected chi connectivity index (χ1v) is 8.82. The molecule has 3 rings (SSSR count). The molecule has 1 aromatic rings. The first-order valence-electron chi connectivity index (χ1n) is 8.82. The molecule has 0 bridgehead atoms. The van der Waals surface area contributed by atoms with E-state index < -0.39 is 0 Å². The fraction of sp³-hybridized carbons (Fsp3) is 0.611. The average molecular weight is 334 g/mol. The van der Waals surface area contributed by atoms with Crippen molar-refractivity contribution in [3.63, 3.8) is 0 Å². The van der Waals surface area contributed by atoms with Gasteiger partial charge in [-0.15, -0.1) is 0 Å². The van der Waals surface area contributed by atoms with Crippen LogP contribution in [0.1, 0.15) is 13.8 Å². The summed E-state index contributed by atoms with van der Waals surface area (Å²) < 4.78 is 13.0. The van der Waals surface area contributed by atoms with Gasteiger partial charge in [0.15, 0.2) is 0 Å². The summed E-state index contributed by atoms with van der Waals surface area (Å²) in [5.41, 5.74) is 1.05. The van der Waals surface area contributed by atoms with Crippen molar-refractivity contribution in [2.45, 2.75) is 25.9 Å². The minimum atomic E-state index is -0.207. The zero-order chi connectivity index (χ0) is 17.1. The van der Waals surface area contributed by atoms with Crippen molar-refractivity contribution < 1.29 is 9.18 Å². The van der Waals surface area contributed by atoms with Crippen LogP contribution in [-0.4, -0.2) is 73.6 Å². The molecule has 0 spiro atoms. The van der Waals surface area contributed by atoms with Crippen LogP contribution in [0.5, 0.6) is 0 Å². The van der Waals surface area contributed by atoms with Crippen molar-refractivity contribution in [1.82, 2.24) is 15.1 Å². The standard InChI is InChI=1S/C18H27FN4O/c1-14-13-20-7-8-23(14)18(24)15(2)21-9-11-22(12-10-21)17-5-3-16(19)4-6-17/h3-6,14-15,20H,7-13H2,1-2H3. The molecule has 2 fully saturated rings. The van der Waals surface area contributed by atoms with Crippen LogP contribution >= 0.6 is 0 Å². The highest BCUT2D eigenvalue weighted by atomic mass is 19.1. The van der Waals surface area contributed by atoms with Crippen molar-refractivity contribution in [3.8, 4) is 0 Å². The molecule has 24 heavy (non-hydrogen) atoms. The molecule has 2 saturated heterocycles. The summed E-state index contributed by atoms with van der Waals surface area (Å²) in [7, 11) is 0. The van der Waals surface area contributed by atoms with Gasteiger partial charge in [0.2, 0.25) is 5.91 Å². The van der Waals surface area contributed by atoms with Crippen molar-refractivity contribution in [2.24, 2.45) is 0 Å². The maximum absolute atomic E-state index is 13.0. The van der Waals surface area contributed by atoms with Crippen molar-refractivity contribution in [3.05, 3.63) is 30.1 Å². The lowest BCUT2D eigenvalue weighted by Crippen LogP contribution is -2.59. The molecule has 0 radical (unpaired) electrons. The van der Waals surface area contributed by atoms with Gasteiger partial charge in [-0.2, -0.15) is 0 Å². The second-order valence-corrected chi connectivity index (χ2v) is 6.76. The molecule has 2 aliphatic heterocycles. The summed E-state index contributed by atoms with van der Waals surface area (Å²) in [6, 6.07) is 6.82. The Kier molecular flexibility index (Phi) is 5.36. The fourth-order valence-electron chi connectivity index (χ4n) is 3.58. The number of benzene rings is 1. The maximum atomic E-state index is 13.0. The Labute approximate surface area is 143 Å². The number of nitrogens with one attached hydrogen (secondary N) is 1. The summed E-state index contributed by atoms with van der Waals surface area (Å²) >= 11 is 0. The van der Waals surface area contributed by atoms with Crippen LogP contribution in [0.4, 0.5) is 10.1 Å². The predicted molar refractivity (Wildman–Crippen MR) is 93.7 cm³/mol. The Balaban J connectivity index is 1.55. The summed E-state index contributed by atoms with van der Waals surface area (Å²) in [5.74, 6) is 0.0287. The van der Waals surface area contributed by atoms with Crippen LogP contribution < -0.4 is 10.2 Å². The molecule has 1 aromatic carbocycles. The first kappa shape index (κ1) is 17.2. The minimum Gasteiger partial charge on any atom is -0.369 e. The molecule has 5 nitrogen and oxygen atoms in total. The quantitative estimate of drug-likeness (QED) is 0.900. The Hall–Kier alpha value is -1.66. The maximum Gasteiger partial charge on any atom is 0.239 e. The Morgan fingerprint density at radius 1 is 1.17 bits per heavy atom. The highest BCUT2D eigenvalue weighted by Crippen LogP contribution is 2.18. The largest absolute Gasteiger partial charge is 0.369 e. The molecule has 0 saturated carbocycles. The second-order valence-electron chi connectivity index (χ2n) is 6.76. The van der Waals surface area contributed by atoms with E-state index >= 15 is 0 Å². The van der Waals surface area contributed by atoms with Gasteiger partial charge in [0, 0.05) is 57.5 Å². The molecule has 6 heteroatoms. The average Bonchev–Trinajstić information content (AvgIpc) is 2.62. The normalized spacial score (nSPS) is 24.0. The Morgan fingerprint density at radius 3 is 2.46 bits per heavy atom. The van der Waals surface area contributed by atoms with Gasteiger partial charge >= 0.3 is 0 Å². The smallest absolute Gasteiger partial charge is 0.239 e. The Bertz CT molecular complexity index is 557. The van der Waals surface area contributed by atoms with Gasteiger partial charge < -0.3 is 15.1 Å². The lowest BCUT2D eigenvalue weighted by atomic mass is 10.1. The van der Waals surface area contributed by atoms with Crippen LogP contribution in [0.25, 0.3) is 0 Å². The number of carbonyl (C=O) groups is 1. The van der Waals surface area contributed by atoms with Crippen LogP contribution in [0.2, 0.25) is 0 Å². The SMILES string of the molecule is CC(C(=O)N1CCNCC1C)N1CCN(c2ccc(F)cc2)CC1. The zero-order valence-corrected chi connectivity index (χ0v) is 14.5. The van der Waals surface area contributed by atoms with Crippen LogP contribution in [0.3, 0.4) is 0 Å². The number of hydrogen-bond donors (Lipinski definition) is 1. The van der Waals surface area contributed by atoms with E-state index in [1.807, 2.05) is 24.0 Å². The van der Waals surface area contributed by atoms with Gasteiger partial charge in [-0.3, -0.25) is 9.69 Å². The number of halogens is 1.